The van der Waals surface area contributed by atoms with E-state index < -0.39 is 0 Å². The number of nitrogens with zero attached hydrogens (tertiary/aromatic N) is 1. The number of anilines is 1. The Hall–Kier alpha value is -1.42. The molecule has 4 heteroatoms. The molecule has 0 radical (unpaired) electrons. The Balaban J connectivity index is 1.97. The van der Waals surface area contributed by atoms with Crippen LogP contribution in [-0.2, 0) is 6.54 Å². The molecule has 0 saturated heterocycles. The molecule has 0 aliphatic heterocycles. The van der Waals surface area contributed by atoms with E-state index in [0.717, 1.165) is 15.9 Å². The molecule has 1 aromatic carbocycles. The fourth-order valence-corrected chi connectivity index (χ4v) is 1.51. The summed E-state index contributed by atoms with van der Waals surface area (Å²) in [5, 5.41) is 3.15. The number of rotatable bonds is 3. The number of halogens is 2. The van der Waals surface area contributed by atoms with E-state index in [1.165, 1.54) is 12.1 Å². The minimum atomic E-state index is -0.217. The monoisotopic (exact) mass is 280 g/mol. The summed E-state index contributed by atoms with van der Waals surface area (Å²) in [6.07, 6.45) is 1.73. The first-order chi connectivity index (χ1) is 7.74. The van der Waals surface area contributed by atoms with Gasteiger partial charge in [-0.05, 0) is 45.8 Å². The smallest absolute Gasteiger partial charge is 0.126 e. The van der Waals surface area contributed by atoms with Gasteiger partial charge in [-0.2, -0.15) is 0 Å². The third-order valence-corrected chi connectivity index (χ3v) is 2.58. The van der Waals surface area contributed by atoms with Crippen molar-refractivity contribution in [3.8, 4) is 0 Å². The van der Waals surface area contributed by atoms with Gasteiger partial charge in [-0.15, -0.1) is 0 Å². The van der Waals surface area contributed by atoms with Crippen molar-refractivity contribution in [1.82, 2.24) is 4.98 Å². The molecule has 0 amide bonds. The summed E-state index contributed by atoms with van der Waals surface area (Å²) in [5.74, 6) is 0.582. The molecule has 0 aliphatic rings. The lowest BCUT2D eigenvalue weighted by Crippen LogP contribution is -2.00. The highest BCUT2D eigenvalue weighted by Gasteiger charge is 1.96. The molecule has 2 rings (SSSR count). The number of benzene rings is 1. The molecule has 0 bridgehead atoms. The Morgan fingerprint density at radius 3 is 2.50 bits per heavy atom. The number of aromatic nitrogens is 1. The molecule has 2 aromatic rings. The van der Waals surface area contributed by atoms with Crippen LogP contribution in [-0.4, -0.2) is 4.98 Å². The van der Waals surface area contributed by atoms with Gasteiger partial charge < -0.3 is 5.32 Å². The zero-order valence-electron chi connectivity index (χ0n) is 8.45. The van der Waals surface area contributed by atoms with Crippen molar-refractivity contribution >= 4 is 21.7 Å². The standard InChI is InChI=1S/C12H10BrFN2/c13-10-3-6-12(16-8-10)15-7-9-1-4-11(14)5-2-9/h1-6,8H,7H2,(H,15,16). The highest BCUT2D eigenvalue weighted by molar-refractivity contribution is 9.10. The van der Waals surface area contributed by atoms with Crippen LogP contribution in [0, 0.1) is 5.82 Å². The second-order valence-corrected chi connectivity index (χ2v) is 4.26. The van der Waals surface area contributed by atoms with Crippen molar-refractivity contribution in [3.05, 3.63) is 58.4 Å². The molecule has 0 fully saturated rings. The third kappa shape index (κ3) is 3.03. The molecule has 0 aliphatic carbocycles. The zero-order valence-corrected chi connectivity index (χ0v) is 10.0. The van der Waals surface area contributed by atoms with E-state index in [9.17, 15) is 4.39 Å². The van der Waals surface area contributed by atoms with Gasteiger partial charge in [-0.25, -0.2) is 9.37 Å². The second kappa shape index (κ2) is 5.07. The molecule has 1 N–H and O–H groups in total. The van der Waals surface area contributed by atoms with Gasteiger partial charge >= 0.3 is 0 Å². The van der Waals surface area contributed by atoms with Crippen LogP contribution < -0.4 is 5.32 Å². The molecule has 0 saturated carbocycles. The Bertz CT molecular complexity index is 408. The van der Waals surface area contributed by atoms with Gasteiger partial charge in [0.05, 0.1) is 0 Å². The van der Waals surface area contributed by atoms with Crippen LogP contribution in [0.3, 0.4) is 0 Å². The topological polar surface area (TPSA) is 24.9 Å². The number of pyridine rings is 1. The van der Waals surface area contributed by atoms with Crippen LogP contribution in [0.4, 0.5) is 10.2 Å². The fraction of sp³-hybridized carbons (Fsp3) is 0.0833. The lowest BCUT2D eigenvalue weighted by atomic mass is 10.2. The number of nitrogens with one attached hydrogen (secondary N) is 1. The third-order valence-electron chi connectivity index (χ3n) is 2.11. The average Bonchev–Trinajstić information content (AvgIpc) is 2.30. The maximum Gasteiger partial charge on any atom is 0.126 e. The summed E-state index contributed by atoms with van der Waals surface area (Å²) in [4.78, 5) is 4.18. The number of hydrogen-bond donors (Lipinski definition) is 1. The normalized spacial score (nSPS) is 10.1. The largest absolute Gasteiger partial charge is 0.366 e. The van der Waals surface area contributed by atoms with Crippen LogP contribution in [0.25, 0.3) is 0 Å². The molecule has 16 heavy (non-hydrogen) atoms. The van der Waals surface area contributed by atoms with E-state index in [4.69, 9.17) is 0 Å². The van der Waals surface area contributed by atoms with Crippen LogP contribution in [0.15, 0.2) is 47.1 Å². The highest BCUT2D eigenvalue weighted by atomic mass is 79.9. The van der Waals surface area contributed by atoms with Gasteiger partial charge in [-0.3, -0.25) is 0 Å². The molecule has 0 atom stereocenters. The second-order valence-electron chi connectivity index (χ2n) is 3.34. The first-order valence-corrected chi connectivity index (χ1v) is 5.63. The van der Waals surface area contributed by atoms with Gasteiger partial charge in [0.15, 0.2) is 0 Å². The highest BCUT2D eigenvalue weighted by Crippen LogP contribution is 2.11. The molecule has 1 aromatic heterocycles. The van der Waals surface area contributed by atoms with Gasteiger partial charge in [0.2, 0.25) is 0 Å². The summed E-state index contributed by atoms with van der Waals surface area (Å²) in [6.45, 7) is 0.634. The molecule has 1 heterocycles. The van der Waals surface area contributed by atoms with Gasteiger partial charge in [0.25, 0.3) is 0 Å². The quantitative estimate of drug-likeness (QED) is 0.929. The Kier molecular flexibility index (Phi) is 3.51. The fourth-order valence-electron chi connectivity index (χ4n) is 1.28. The summed E-state index contributed by atoms with van der Waals surface area (Å²) in [7, 11) is 0. The molecule has 0 unspecified atom stereocenters. The minimum Gasteiger partial charge on any atom is -0.366 e. The van der Waals surface area contributed by atoms with E-state index >= 15 is 0 Å². The summed E-state index contributed by atoms with van der Waals surface area (Å²) in [6, 6.07) is 10.2. The summed E-state index contributed by atoms with van der Waals surface area (Å²) in [5.41, 5.74) is 1.02. The lowest BCUT2D eigenvalue weighted by Gasteiger charge is -2.05. The van der Waals surface area contributed by atoms with Crippen molar-refractivity contribution in [2.24, 2.45) is 0 Å². The van der Waals surface area contributed by atoms with Crippen LogP contribution in [0.2, 0.25) is 0 Å². The Labute approximate surface area is 102 Å². The molecular formula is C12H10BrFN2. The summed E-state index contributed by atoms with van der Waals surface area (Å²) < 4.78 is 13.6. The van der Waals surface area contributed by atoms with Gasteiger partial charge in [-0.1, -0.05) is 12.1 Å². The van der Waals surface area contributed by atoms with Crippen molar-refractivity contribution in [2.45, 2.75) is 6.54 Å². The van der Waals surface area contributed by atoms with Crippen LogP contribution >= 0.6 is 15.9 Å². The lowest BCUT2D eigenvalue weighted by molar-refractivity contribution is 0.627. The number of hydrogen-bond acceptors (Lipinski definition) is 2. The van der Waals surface area contributed by atoms with E-state index in [1.54, 1.807) is 18.3 Å². The van der Waals surface area contributed by atoms with E-state index in [1.807, 2.05) is 12.1 Å². The molecule has 0 spiro atoms. The predicted octanol–water partition coefficient (Wildman–Crippen LogP) is 3.60. The van der Waals surface area contributed by atoms with Crippen molar-refractivity contribution in [1.29, 1.82) is 0 Å². The van der Waals surface area contributed by atoms with E-state index in [0.29, 0.717) is 6.54 Å². The van der Waals surface area contributed by atoms with Crippen LogP contribution in [0.5, 0.6) is 0 Å². The van der Waals surface area contributed by atoms with Gasteiger partial charge in [0.1, 0.15) is 11.6 Å². The Morgan fingerprint density at radius 2 is 1.88 bits per heavy atom. The molecule has 2 nitrogen and oxygen atoms in total. The van der Waals surface area contributed by atoms with Crippen molar-refractivity contribution in [2.75, 3.05) is 5.32 Å². The summed E-state index contributed by atoms with van der Waals surface area (Å²) >= 11 is 3.32. The maximum atomic E-state index is 12.7. The first kappa shape index (κ1) is 11.1. The first-order valence-electron chi connectivity index (χ1n) is 4.84. The average molecular weight is 281 g/mol. The van der Waals surface area contributed by atoms with Crippen LogP contribution in [0.1, 0.15) is 5.56 Å². The zero-order chi connectivity index (χ0) is 11.4. The van der Waals surface area contributed by atoms with Crippen molar-refractivity contribution < 1.29 is 4.39 Å². The molecular weight excluding hydrogens is 271 g/mol. The minimum absolute atomic E-state index is 0.217. The maximum absolute atomic E-state index is 12.7. The predicted molar refractivity (Wildman–Crippen MR) is 65.7 cm³/mol. The Morgan fingerprint density at radius 1 is 1.12 bits per heavy atom. The van der Waals surface area contributed by atoms with Gasteiger partial charge in [0, 0.05) is 17.2 Å². The van der Waals surface area contributed by atoms with E-state index in [2.05, 4.69) is 26.2 Å². The molecule has 82 valence electrons. The van der Waals surface area contributed by atoms with E-state index in [-0.39, 0.29) is 5.82 Å². The van der Waals surface area contributed by atoms with Crippen molar-refractivity contribution in [3.63, 3.8) is 0 Å². The SMILES string of the molecule is Fc1ccc(CNc2ccc(Br)cn2)cc1.